The summed E-state index contributed by atoms with van der Waals surface area (Å²) in [7, 11) is 3.75. The molecule has 3 aromatic rings. The summed E-state index contributed by atoms with van der Waals surface area (Å²) in [5.41, 5.74) is 2.44. The van der Waals surface area contributed by atoms with Crippen molar-refractivity contribution in [1.82, 2.24) is 19.9 Å². The molecule has 0 radical (unpaired) electrons. The highest BCUT2D eigenvalue weighted by atomic mass is 19.1. The van der Waals surface area contributed by atoms with Gasteiger partial charge in [0.15, 0.2) is 6.29 Å². The number of ether oxygens (including phenoxy) is 2. The number of halogens is 3. The van der Waals surface area contributed by atoms with Gasteiger partial charge in [0.05, 0.1) is 17.8 Å². The molecule has 0 bridgehead atoms. The topological polar surface area (TPSA) is 52.4 Å². The maximum Gasteiger partial charge on any atom is 0.159 e. The molecule has 0 N–H and O–H groups in total. The quantitative estimate of drug-likeness (QED) is 0.391. The maximum atomic E-state index is 14.1. The van der Waals surface area contributed by atoms with Crippen molar-refractivity contribution in [2.75, 3.05) is 27.4 Å². The maximum absolute atomic E-state index is 14.1. The van der Waals surface area contributed by atoms with E-state index in [1.165, 1.54) is 6.07 Å². The van der Waals surface area contributed by atoms with E-state index in [2.05, 4.69) is 29.2 Å². The Morgan fingerprint density at radius 1 is 1.17 bits per heavy atom. The number of rotatable bonds is 10. The van der Waals surface area contributed by atoms with Crippen LogP contribution in [0, 0.1) is 11.6 Å². The molecule has 0 amide bonds. The second kappa shape index (κ2) is 12.0. The summed E-state index contributed by atoms with van der Waals surface area (Å²) >= 11 is 0. The molecule has 194 valence electrons. The molecule has 1 aliphatic rings. The zero-order valence-corrected chi connectivity index (χ0v) is 20.9. The fourth-order valence-electron chi connectivity index (χ4n) is 4.69. The summed E-state index contributed by atoms with van der Waals surface area (Å²) in [6.45, 7) is 2.26. The minimum atomic E-state index is -0.596. The molecule has 36 heavy (non-hydrogen) atoms. The van der Waals surface area contributed by atoms with Crippen molar-refractivity contribution in [2.24, 2.45) is 0 Å². The Kier molecular flexibility index (Phi) is 8.77. The molecule has 6 nitrogen and oxygen atoms in total. The summed E-state index contributed by atoms with van der Waals surface area (Å²) in [4.78, 5) is 2.29. The van der Waals surface area contributed by atoms with Crippen molar-refractivity contribution < 1.29 is 22.6 Å². The normalized spacial score (nSPS) is 21.1. The van der Waals surface area contributed by atoms with Crippen molar-refractivity contribution in [3.05, 3.63) is 71.6 Å². The first-order valence-electron chi connectivity index (χ1n) is 12.3. The lowest BCUT2D eigenvalue weighted by Crippen LogP contribution is -2.44. The van der Waals surface area contributed by atoms with Crippen molar-refractivity contribution in [2.45, 2.75) is 57.1 Å². The van der Waals surface area contributed by atoms with Gasteiger partial charge in [-0.2, -0.15) is 0 Å². The number of likely N-dealkylation sites (N-methyl/N-ethyl adjacent to an activating group) is 1. The van der Waals surface area contributed by atoms with Gasteiger partial charge in [0, 0.05) is 44.3 Å². The third kappa shape index (κ3) is 6.52. The van der Waals surface area contributed by atoms with Gasteiger partial charge in [-0.1, -0.05) is 29.5 Å². The van der Waals surface area contributed by atoms with Crippen LogP contribution in [0.15, 0.2) is 48.7 Å². The van der Waals surface area contributed by atoms with Gasteiger partial charge in [0.25, 0.3) is 0 Å². The number of hydrogen-bond acceptors (Lipinski definition) is 5. The van der Waals surface area contributed by atoms with Crippen molar-refractivity contribution in [3.63, 3.8) is 0 Å². The van der Waals surface area contributed by atoms with Crippen LogP contribution in [0.3, 0.4) is 0 Å². The molecule has 0 aliphatic carbocycles. The number of alkyl halides is 1. The van der Waals surface area contributed by atoms with Crippen LogP contribution in [0.2, 0.25) is 0 Å². The fourth-order valence-corrected chi connectivity index (χ4v) is 4.69. The van der Waals surface area contributed by atoms with E-state index in [9.17, 15) is 13.2 Å². The lowest BCUT2D eigenvalue weighted by Gasteiger charge is -2.37. The summed E-state index contributed by atoms with van der Waals surface area (Å²) in [5.74, 6) is -0.987. The average Bonchev–Trinajstić information content (AvgIpc) is 3.36. The molecule has 0 unspecified atom stereocenters. The van der Waals surface area contributed by atoms with Gasteiger partial charge in [0.1, 0.15) is 18.3 Å². The highest BCUT2D eigenvalue weighted by Gasteiger charge is 2.29. The smallest absolute Gasteiger partial charge is 0.159 e. The molecule has 1 fully saturated rings. The first-order valence-corrected chi connectivity index (χ1v) is 12.3. The van der Waals surface area contributed by atoms with Gasteiger partial charge in [-0.3, -0.25) is 0 Å². The van der Waals surface area contributed by atoms with E-state index in [-0.39, 0.29) is 18.0 Å². The molecule has 2 aromatic carbocycles. The van der Waals surface area contributed by atoms with E-state index in [1.54, 1.807) is 42.3 Å². The summed E-state index contributed by atoms with van der Waals surface area (Å²) in [6, 6.07) is 10.3. The Morgan fingerprint density at radius 3 is 2.67 bits per heavy atom. The van der Waals surface area contributed by atoms with Gasteiger partial charge < -0.3 is 14.4 Å². The predicted octanol–water partition coefficient (Wildman–Crippen LogP) is 4.99. The van der Waals surface area contributed by atoms with E-state index < -0.39 is 24.4 Å². The van der Waals surface area contributed by atoms with Crippen molar-refractivity contribution in [3.8, 4) is 11.1 Å². The molecule has 2 heterocycles. The molecule has 4 atom stereocenters. The fraction of sp³-hybridized carbons (Fsp3) is 0.481. The van der Waals surface area contributed by atoms with Crippen LogP contribution in [0.25, 0.3) is 11.1 Å². The molecule has 0 spiro atoms. The van der Waals surface area contributed by atoms with Gasteiger partial charge >= 0.3 is 0 Å². The zero-order chi connectivity index (χ0) is 25.7. The monoisotopic (exact) mass is 502 g/mol. The Bertz CT molecular complexity index is 1120. The molecular formula is C27H33F3N4O2. The molecule has 1 saturated heterocycles. The van der Waals surface area contributed by atoms with Crippen LogP contribution in [0.1, 0.15) is 37.1 Å². The predicted molar refractivity (Wildman–Crippen MR) is 131 cm³/mol. The Balaban J connectivity index is 1.34. The number of nitrogens with zero attached hydrogens (tertiary/aromatic N) is 4. The standard InChI is InChI=1S/C27H33F3N4O2/c1-18-12-23(15-27(35-3)36-18)33(2)11-10-22-17-34(32-31-22)24(16-28)13-19-4-6-20(7-5-19)25-14-21(29)8-9-26(25)30/h4-9,14,17-18,23-24,27H,10-13,15-16H2,1-3H3/t18-,23+,24+,27-/m1/s1. The molecule has 9 heteroatoms. The van der Waals surface area contributed by atoms with Crippen molar-refractivity contribution >= 4 is 0 Å². The first-order chi connectivity index (χ1) is 17.4. The van der Waals surface area contributed by atoms with Gasteiger partial charge in [-0.25, -0.2) is 17.9 Å². The third-order valence-corrected chi connectivity index (χ3v) is 6.83. The molecular weight excluding hydrogens is 469 g/mol. The molecule has 0 saturated carbocycles. The minimum absolute atomic E-state index is 0.143. The summed E-state index contributed by atoms with van der Waals surface area (Å²) in [6.07, 6.45) is 4.63. The second-order valence-corrected chi connectivity index (χ2v) is 9.49. The first kappa shape index (κ1) is 26.3. The van der Waals surface area contributed by atoms with Crippen LogP contribution in [-0.4, -0.2) is 65.7 Å². The van der Waals surface area contributed by atoms with E-state index >= 15 is 0 Å². The molecule has 1 aliphatic heterocycles. The van der Waals surface area contributed by atoms with Crippen LogP contribution in [0.4, 0.5) is 13.2 Å². The average molecular weight is 503 g/mol. The van der Waals surface area contributed by atoms with Crippen LogP contribution >= 0.6 is 0 Å². The van der Waals surface area contributed by atoms with Crippen molar-refractivity contribution in [1.29, 1.82) is 0 Å². The highest BCUT2D eigenvalue weighted by molar-refractivity contribution is 5.64. The van der Waals surface area contributed by atoms with E-state index in [0.717, 1.165) is 42.8 Å². The Labute approximate surface area is 210 Å². The third-order valence-electron chi connectivity index (χ3n) is 6.83. The molecule has 4 rings (SSSR count). The lowest BCUT2D eigenvalue weighted by molar-refractivity contribution is -0.189. The Morgan fingerprint density at radius 2 is 1.94 bits per heavy atom. The highest BCUT2D eigenvalue weighted by Crippen LogP contribution is 2.26. The summed E-state index contributed by atoms with van der Waals surface area (Å²) < 4.78 is 54.3. The SMILES string of the molecule is CO[C@H]1C[C@@H](N(C)CCc2cn([C@H](CF)Cc3ccc(-c4cc(F)ccc4F)cc3)nn2)C[C@@H](C)O1. The van der Waals surface area contributed by atoms with Gasteiger partial charge in [-0.05, 0) is 56.1 Å². The second-order valence-electron chi connectivity index (χ2n) is 9.49. The Hall–Kier alpha value is -2.75. The van der Waals surface area contributed by atoms with Crippen LogP contribution in [0.5, 0.6) is 0 Å². The van der Waals surface area contributed by atoms with Gasteiger partial charge in [-0.15, -0.1) is 5.10 Å². The van der Waals surface area contributed by atoms with E-state index in [0.29, 0.717) is 24.4 Å². The van der Waals surface area contributed by atoms with Gasteiger partial charge in [0.2, 0.25) is 0 Å². The number of aromatic nitrogens is 3. The summed E-state index contributed by atoms with van der Waals surface area (Å²) in [5, 5.41) is 8.43. The minimum Gasteiger partial charge on any atom is -0.356 e. The largest absolute Gasteiger partial charge is 0.356 e. The van der Waals surface area contributed by atoms with Crippen LogP contribution < -0.4 is 0 Å². The molecule has 1 aromatic heterocycles. The number of hydrogen-bond donors (Lipinski definition) is 0. The zero-order valence-electron chi connectivity index (χ0n) is 20.9. The number of methoxy groups -OCH3 is 1. The van der Waals surface area contributed by atoms with E-state index in [1.807, 2.05) is 0 Å². The van der Waals surface area contributed by atoms with E-state index in [4.69, 9.17) is 9.47 Å². The number of benzene rings is 2. The lowest BCUT2D eigenvalue weighted by atomic mass is 10.0. The van der Waals surface area contributed by atoms with Crippen LogP contribution in [-0.2, 0) is 22.3 Å².